The molecule has 2 heteroatoms. The van der Waals surface area contributed by atoms with Crippen molar-refractivity contribution in [1.82, 2.24) is 0 Å². The third-order valence-corrected chi connectivity index (χ3v) is 2.41. The minimum atomic E-state index is 0.145. The molecule has 0 heterocycles. The normalized spacial score (nSPS) is 12.9. The number of rotatable bonds is 3. The topological polar surface area (TPSA) is 26.0 Å². The Bertz CT molecular complexity index is 245. The lowest BCUT2D eigenvalue weighted by Gasteiger charge is -2.06. The zero-order valence-corrected chi connectivity index (χ0v) is 8.40. The maximum absolute atomic E-state index is 5.77. The van der Waals surface area contributed by atoms with Gasteiger partial charge in [0.05, 0.1) is 0 Å². The average Bonchev–Trinajstić information content (AvgIpc) is 2.05. The summed E-state index contributed by atoms with van der Waals surface area (Å²) in [4.78, 5) is 0. The van der Waals surface area contributed by atoms with E-state index in [1.54, 1.807) is 0 Å². The molecule has 0 saturated heterocycles. The SMILES string of the molecule is CSCc1cccc(C(C)N)c1. The van der Waals surface area contributed by atoms with Gasteiger partial charge in [-0.15, -0.1) is 0 Å². The highest BCUT2D eigenvalue weighted by Gasteiger charge is 1.99. The number of thioether (sulfide) groups is 1. The van der Waals surface area contributed by atoms with Crippen LogP contribution >= 0.6 is 11.8 Å². The molecule has 1 unspecified atom stereocenters. The summed E-state index contributed by atoms with van der Waals surface area (Å²) < 4.78 is 0. The van der Waals surface area contributed by atoms with E-state index in [-0.39, 0.29) is 6.04 Å². The second-order valence-electron chi connectivity index (χ2n) is 2.97. The third kappa shape index (κ3) is 2.54. The summed E-state index contributed by atoms with van der Waals surface area (Å²) >= 11 is 1.83. The molecular weight excluding hydrogens is 166 g/mol. The fourth-order valence-electron chi connectivity index (χ4n) is 1.13. The molecule has 1 aromatic carbocycles. The number of nitrogens with two attached hydrogens (primary N) is 1. The Labute approximate surface area is 78.4 Å². The van der Waals surface area contributed by atoms with Gasteiger partial charge in [-0.2, -0.15) is 11.8 Å². The monoisotopic (exact) mass is 181 g/mol. The highest BCUT2D eigenvalue weighted by Crippen LogP contribution is 2.15. The molecule has 0 fully saturated rings. The lowest BCUT2D eigenvalue weighted by Crippen LogP contribution is -2.04. The molecule has 0 saturated carbocycles. The van der Waals surface area contributed by atoms with Crippen molar-refractivity contribution in [1.29, 1.82) is 0 Å². The maximum Gasteiger partial charge on any atom is 0.0266 e. The zero-order chi connectivity index (χ0) is 8.97. The maximum atomic E-state index is 5.77. The van der Waals surface area contributed by atoms with E-state index in [1.807, 2.05) is 18.7 Å². The summed E-state index contributed by atoms with van der Waals surface area (Å²) in [5.41, 5.74) is 8.35. The van der Waals surface area contributed by atoms with E-state index in [2.05, 4.69) is 30.5 Å². The highest BCUT2D eigenvalue weighted by atomic mass is 32.2. The fraction of sp³-hybridized carbons (Fsp3) is 0.400. The van der Waals surface area contributed by atoms with E-state index in [1.165, 1.54) is 11.1 Å². The van der Waals surface area contributed by atoms with Crippen LogP contribution in [0.5, 0.6) is 0 Å². The van der Waals surface area contributed by atoms with Crippen LogP contribution in [-0.4, -0.2) is 6.26 Å². The lowest BCUT2D eigenvalue weighted by molar-refractivity contribution is 0.817. The Morgan fingerprint density at radius 3 is 2.83 bits per heavy atom. The van der Waals surface area contributed by atoms with Crippen LogP contribution in [0.2, 0.25) is 0 Å². The summed E-state index contributed by atoms with van der Waals surface area (Å²) in [7, 11) is 0. The van der Waals surface area contributed by atoms with Crippen molar-refractivity contribution in [3.8, 4) is 0 Å². The molecule has 0 radical (unpaired) electrons. The largest absolute Gasteiger partial charge is 0.324 e. The Morgan fingerprint density at radius 2 is 2.25 bits per heavy atom. The van der Waals surface area contributed by atoms with Gasteiger partial charge in [-0.3, -0.25) is 0 Å². The van der Waals surface area contributed by atoms with Crippen LogP contribution in [0, 0.1) is 0 Å². The van der Waals surface area contributed by atoms with Gasteiger partial charge in [-0.05, 0) is 24.3 Å². The molecule has 0 aliphatic heterocycles. The van der Waals surface area contributed by atoms with Crippen molar-refractivity contribution < 1.29 is 0 Å². The summed E-state index contributed by atoms with van der Waals surface area (Å²) in [6, 6.07) is 8.62. The van der Waals surface area contributed by atoms with Crippen LogP contribution in [0.3, 0.4) is 0 Å². The summed E-state index contributed by atoms with van der Waals surface area (Å²) in [6.45, 7) is 2.01. The van der Waals surface area contributed by atoms with E-state index in [4.69, 9.17) is 5.73 Å². The van der Waals surface area contributed by atoms with E-state index < -0.39 is 0 Å². The summed E-state index contributed by atoms with van der Waals surface area (Å²) in [6.07, 6.45) is 2.11. The van der Waals surface area contributed by atoms with Gasteiger partial charge in [0.1, 0.15) is 0 Å². The Morgan fingerprint density at radius 1 is 1.50 bits per heavy atom. The first-order chi connectivity index (χ1) is 5.74. The first-order valence-electron chi connectivity index (χ1n) is 4.07. The van der Waals surface area contributed by atoms with Crippen molar-refractivity contribution in [2.45, 2.75) is 18.7 Å². The van der Waals surface area contributed by atoms with Crippen LogP contribution in [-0.2, 0) is 5.75 Å². The second kappa shape index (κ2) is 4.53. The predicted molar refractivity (Wildman–Crippen MR) is 56.3 cm³/mol. The molecule has 1 atom stereocenters. The molecule has 1 rings (SSSR count). The minimum Gasteiger partial charge on any atom is -0.324 e. The van der Waals surface area contributed by atoms with Crippen LogP contribution in [0.1, 0.15) is 24.1 Å². The Balaban J connectivity index is 2.81. The van der Waals surface area contributed by atoms with E-state index in [0.717, 1.165) is 5.75 Å². The molecule has 12 heavy (non-hydrogen) atoms. The minimum absolute atomic E-state index is 0.145. The molecule has 0 amide bonds. The Hall–Kier alpha value is -0.470. The Kier molecular flexibility index (Phi) is 3.63. The quantitative estimate of drug-likeness (QED) is 0.775. The predicted octanol–water partition coefficient (Wildman–Crippen LogP) is 2.57. The fourth-order valence-corrected chi connectivity index (χ4v) is 1.65. The van der Waals surface area contributed by atoms with Gasteiger partial charge in [0.15, 0.2) is 0 Å². The molecule has 1 nitrogen and oxygen atoms in total. The standard InChI is InChI=1S/C10H15NS/c1-8(11)10-5-3-4-9(6-10)7-12-2/h3-6,8H,7,11H2,1-2H3. The van der Waals surface area contributed by atoms with Gasteiger partial charge in [0.2, 0.25) is 0 Å². The van der Waals surface area contributed by atoms with Crippen molar-refractivity contribution >= 4 is 11.8 Å². The third-order valence-electron chi connectivity index (χ3n) is 1.79. The summed E-state index contributed by atoms with van der Waals surface area (Å²) in [5, 5.41) is 0. The van der Waals surface area contributed by atoms with Crippen molar-refractivity contribution in [2.24, 2.45) is 5.73 Å². The first-order valence-corrected chi connectivity index (χ1v) is 5.47. The van der Waals surface area contributed by atoms with E-state index in [9.17, 15) is 0 Å². The van der Waals surface area contributed by atoms with Gasteiger partial charge in [-0.25, -0.2) is 0 Å². The zero-order valence-electron chi connectivity index (χ0n) is 7.58. The van der Waals surface area contributed by atoms with Crippen LogP contribution in [0.25, 0.3) is 0 Å². The van der Waals surface area contributed by atoms with Gasteiger partial charge in [0, 0.05) is 11.8 Å². The first kappa shape index (κ1) is 9.62. The van der Waals surface area contributed by atoms with Gasteiger partial charge < -0.3 is 5.73 Å². The number of benzene rings is 1. The van der Waals surface area contributed by atoms with E-state index >= 15 is 0 Å². The molecule has 0 spiro atoms. The molecule has 0 aromatic heterocycles. The highest BCUT2D eigenvalue weighted by molar-refractivity contribution is 7.97. The number of hydrogen-bond donors (Lipinski definition) is 1. The van der Waals surface area contributed by atoms with Gasteiger partial charge >= 0.3 is 0 Å². The van der Waals surface area contributed by atoms with E-state index in [0.29, 0.717) is 0 Å². The number of hydrogen-bond acceptors (Lipinski definition) is 2. The van der Waals surface area contributed by atoms with Crippen molar-refractivity contribution in [3.63, 3.8) is 0 Å². The molecular formula is C10H15NS. The van der Waals surface area contributed by atoms with Crippen molar-refractivity contribution in [2.75, 3.05) is 6.26 Å². The smallest absolute Gasteiger partial charge is 0.0266 e. The van der Waals surface area contributed by atoms with Gasteiger partial charge in [0.25, 0.3) is 0 Å². The van der Waals surface area contributed by atoms with Gasteiger partial charge in [-0.1, -0.05) is 24.3 Å². The summed E-state index contributed by atoms with van der Waals surface area (Å²) in [5.74, 6) is 1.07. The molecule has 0 aliphatic carbocycles. The van der Waals surface area contributed by atoms with Crippen LogP contribution in [0.15, 0.2) is 24.3 Å². The molecule has 66 valence electrons. The molecule has 0 bridgehead atoms. The molecule has 0 aliphatic rings. The molecule has 2 N–H and O–H groups in total. The lowest BCUT2D eigenvalue weighted by atomic mass is 10.1. The average molecular weight is 181 g/mol. The van der Waals surface area contributed by atoms with Crippen molar-refractivity contribution in [3.05, 3.63) is 35.4 Å². The molecule has 1 aromatic rings. The second-order valence-corrected chi connectivity index (χ2v) is 3.83. The van der Waals surface area contributed by atoms with Crippen LogP contribution in [0.4, 0.5) is 0 Å². The van der Waals surface area contributed by atoms with Crippen LogP contribution < -0.4 is 5.73 Å².